The zero-order valence-electron chi connectivity index (χ0n) is 9.62. The van der Waals surface area contributed by atoms with Crippen LogP contribution in [0.15, 0.2) is 10.8 Å². The highest BCUT2D eigenvalue weighted by Crippen LogP contribution is 2.33. The lowest BCUT2D eigenvalue weighted by Gasteiger charge is -2.37. The molecule has 0 aromatic carbocycles. The Kier molecular flexibility index (Phi) is 3.83. The number of nitrogens with one attached hydrogen (secondary N) is 1. The van der Waals surface area contributed by atoms with Gasteiger partial charge >= 0.3 is 0 Å². The molecule has 2 rings (SSSR count). The van der Waals surface area contributed by atoms with Crippen molar-refractivity contribution in [1.29, 1.82) is 0 Å². The number of anilines is 2. The lowest BCUT2D eigenvalue weighted by molar-refractivity contribution is 0.172. The van der Waals surface area contributed by atoms with E-state index < -0.39 is 0 Å². The van der Waals surface area contributed by atoms with Gasteiger partial charge in [0.2, 0.25) is 0 Å². The summed E-state index contributed by atoms with van der Waals surface area (Å²) in [5.74, 6) is 1.07. The third-order valence-electron chi connectivity index (χ3n) is 3.31. The van der Waals surface area contributed by atoms with Crippen LogP contribution in [0.1, 0.15) is 32.1 Å². The Labute approximate surface area is 109 Å². The summed E-state index contributed by atoms with van der Waals surface area (Å²) in [6.07, 6.45) is 6.84. The van der Waals surface area contributed by atoms with Gasteiger partial charge in [-0.25, -0.2) is 9.97 Å². The molecule has 1 saturated carbocycles. The smallest absolute Gasteiger partial charge is 0.146 e. The topological polar surface area (TPSA) is 84.1 Å². The number of aromatic nitrogens is 2. The van der Waals surface area contributed by atoms with Gasteiger partial charge < -0.3 is 16.2 Å². The van der Waals surface area contributed by atoms with Gasteiger partial charge in [0.1, 0.15) is 22.4 Å². The first-order chi connectivity index (χ1) is 8.17. The molecule has 1 aromatic heterocycles. The number of nitrogens with zero attached hydrogens (tertiary/aromatic N) is 2. The molecule has 1 aliphatic carbocycles. The van der Waals surface area contributed by atoms with Crippen molar-refractivity contribution >= 4 is 27.6 Å². The first-order valence-electron chi connectivity index (χ1n) is 5.82. The van der Waals surface area contributed by atoms with E-state index in [4.69, 9.17) is 5.73 Å². The van der Waals surface area contributed by atoms with Gasteiger partial charge in [-0.3, -0.25) is 0 Å². The minimum atomic E-state index is -0.262. The lowest BCUT2D eigenvalue weighted by atomic mass is 9.82. The normalized spacial score (nSPS) is 18.9. The number of halogens is 1. The molecule has 1 aliphatic rings. The second-order valence-electron chi connectivity index (χ2n) is 4.55. The highest BCUT2D eigenvalue weighted by atomic mass is 79.9. The van der Waals surface area contributed by atoms with E-state index in [0.29, 0.717) is 16.1 Å². The van der Waals surface area contributed by atoms with Crippen LogP contribution in [-0.4, -0.2) is 27.2 Å². The summed E-state index contributed by atoms with van der Waals surface area (Å²) in [7, 11) is 0. The summed E-state index contributed by atoms with van der Waals surface area (Å²) in [5.41, 5.74) is 5.45. The van der Waals surface area contributed by atoms with Crippen molar-refractivity contribution in [3.05, 3.63) is 10.8 Å². The minimum absolute atomic E-state index is 0.114. The number of nitrogen functional groups attached to an aromatic ring is 1. The van der Waals surface area contributed by atoms with E-state index in [2.05, 4.69) is 31.2 Å². The summed E-state index contributed by atoms with van der Waals surface area (Å²) in [6.45, 7) is 0.114. The molecule has 1 heterocycles. The fraction of sp³-hybridized carbons (Fsp3) is 0.636. The highest BCUT2D eigenvalue weighted by Gasteiger charge is 2.32. The average molecular weight is 301 g/mol. The Morgan fingerprint density at radius 3 is 2.71 bits per heavy atom. The van der Waals surface area contributed by atoms with Crippen molar-refractivity contribution in [2.75, 3.05) is 17.7 Å². The summed E-state index contributed by atoms with van der Waals surface area (Å²) in [4.78, 5) is 8.06. The molecule has 0 atom stereocenters. The van der Waals surface area contributed by atoms with E-state index in [0.717, 1.165) is 25.7 Å². The Balaban J connectivity index is 2.20. The summed E-state index contributed by atoms with van der Waals surface area (Å²) >= 11 is 3.37. The van der Waals surface area contributed by atoms with Crippen LogP contribution >= 0.6 is 15.9 Å². The first kappa shape index (κ1) is 12.6. The van der Waals surface area contributed by atoms with Gasteiger partial charge in [0, 0.05) is 0 Å². The number of hydrogen-bond donors (Lipinski definition) is 3. The van der Waals surface area contributed by atoms with E-state index in [1.165, 1.54) is 12.7 Å². The quantitative estimate of drug-likeness (QED) is 0.794. The molecule has 5 nitrogen and oxygen atoms in total. The van der Waals surface area contributed by atoms with E-state index in [-0.39, 0.29) is 12.1 Å². The van der Waals surface area contributed by atoms with E-state index in [1.807, 2.05) is 0 Å². The van der Waals surface area contributed by atoms with E-state index in [9.17, 15) is 5.11 Å². The fourth-order valence-electron chi connectivity index (χ4n) is 2.27. The maximum atomic E-state index is 9.61. The van der Waals surface area contributed by atoms with Gasteiger partial charge in [-0.15, -0.1) is 0 Å². The number of hydrogen-bond acceptors (Lipinski definition) is 5. The molecule has 0 saturated heterocycles. The molecule has 0 spiro atoms. The van der Waals surface area contributed by atoms with Crippen molar-refractivity contribution in [2.45, 2.75) is 37.6 Å². The highest BCUT2D eigenvalue weighted by molar-refractivity contribution is 9.10. The van der Waals surface area contributed by atoms with Crippen LogP contribution in [0.2, 0.25) is 0 Å². The second-order valence-corrected chi connectivity index (χ2v) is 5.34. The molecule has 6 heteroatoms. The maximum Gasteiger partial charge on any atom is 0.146 e. The first-order valence-corrected chi connectivity index (χ1v) is 6.61. The van der Waals surface area contributed by atoms with Crippen molar-refractivity contribution in [1.82, 2.24) is 9.97 Å². The van der Waals surface area contributed by atoms with Gasteiger partial charge in [0.05, 0.1) is 12.1 Å². The van der Waals surface area contributed by atoms with Crippen LogP contribution in [-0.2, 0) is 0 Å². The predicted octanol–water partition coefficient (Wildman–Crippen LogP) is 1.93. The third kappa shape index (κ3) is 2.69. The summed E-state index contributed by atoms with van der Waals surface area (Å²) < 4.78 is 0.665. The van der Waals surface area contributed by atoms with Gasteiger partial charge in [0.25, 0.3) is 0 Å². The predicted molar refractivity (Wildman–Crippen MR) is 70.7 cm³/mol. The van der Waals surface area contributed by atoms with Gasteiger partial charge in [-0.05, 0) is 28.8 Å². The van der Waals surface area contributed by atoms with Crippen LogP contribution < -0.4 is 11.1 Å². The number of aliphatic hydroxyl groups excluding tert-OH is 1. The number of nitrogens with two attached hydrogens (primary N) is 1. The van der Waals surface area contributed by atoms with E-state index >= 15 is 0 Å². The van der Waals surface area contributed by atoms with Crippen LogP contribution in [0.3, 0.4) is 0 Å². The third-order valence-corrected chi connectivity index (χ3v) is 4.10. The van der Waals surface area contributed by atoms with Crippen LogP contribution in [0.5, 0.6) is 0 Å². The molecule has 0 aliphatic heterocycles. The molecule has 94 valence electrons. The maximum absolute atomic E-state index is 9.61. The largest absolute Gasteiger partial charge is 0.394 e. The molecule has 17 heavy (non-hydrogen) atoms. The van der Waals surface area contributed by atoms with E-state index in [1.54, 1.807) is 0 Å². The molecule has 0 unspecified atom stereocenters. The molecule has 4 N–H and O–H groups in total. The average Bonchev–Trinajstić information content (AvgIpc) is 2.36. The monoisotopic (exact) mass is 300 g/mol. The zero-order valence-corrected chi connectivity index (χ0v) is 11.2. The Morgan fingerprint density at radius 1 is 1.35 bits per heavy atom. The van der Waals surface area contributed by atoms with Gasteiger partial charge in [-0.2, -0.15) is 0 Å². The summed E-state index contributed by atoms with van der Waals surface area (Å²) in [6, 6.07) is 0. The molecule has 1 aromatic rings. The van der Waals surface area contributed by atoms with Crippen LogP contribution in [0, 0.1) is 0 Å². The molecular formula is C11H17BrN4O. The fourth-order valence-corrected chi connectivity index (χ4v) is 2.58. The molecular weight excluding hydrogens is 284 g/mol. The lowest BCUT2D eigenvalue weighted by Crippen LogP contribution is -2.44. The molecule has 1 fully saturated rings. The van der Waals surface area contributed by atoms with Crippen molar-refractivity contribution in [3.63, 3.8) is 0 Å². The SMILES string of the molecule is Nc1ncnc(NC2(CO)CCCCC2)c1Br. The molecule has 0 bridgehead atoms. The van der Waals surface area contributed by atoms with Crippen molar-refractivity contribution in [2.24, 2.45) is 0 Å². The number of rotatable bonds is 3. The summed E-state index contributed by atoms with van der Waals surface area (Å²) in [5, 5.41) is 12.9. The molecule has 0 amide bonds. The van der Waals surface area contributed by atoms with Crippen molar-refractivity contribution in [3.8, 4) is 0 Å². The van der Waals surface area contributed by atoms with Crippen LogP contribution in [0.25, 0.3) is 0 Å². The van der Waals surface area contributed by atoms with Crippen LogP contribution in [0.4, 0.5) is 11.6 Å². The van der Waals surface area contributed by atoms with Gasteiger partial charge in [0.15, 0.2) is 0 Å². The Hall–Kier alpha value is -0.880. The second kappa shape index (κ2) is 5.18. The zero-order chi connectivity index (χ0) is 12.3. The van der Waals surface area contributed by atoms with Gasteiger partial charge in [-0.1, -0.05) is 19.3 Å². The Morgan fingerprint density at radius 2 is 2.06 bits per heavy atom. The number of aliphatic hydroxyl groups is 1. The molecule has 0 radical (unpaired) electrons. The Bertz CT molecular complexity index is 393. The van der Waals surface area contributed by atoms with Crippen molar-refractivity contribution < 1.29 is 5.11 Å². The standard InChI is InChI=1S/C11H17BrN4O/c12-8-9(13)14-7-15-10(8)16-11(6-17)4-2-1-3-5-11/h7,17H,1-6H2,(H3,13,14,15,16). The minimum Gasteiger partial charge on any atom is -0.394 e.